The number of hydrogen-bond donors (Lipinski definition) is 1. The van der Waals surface area contributed by atoms with Gasteiger partial charge in [0.15, 0.2) is 0 Å². The molecule has 122 valence electrons. The van der Waals surface area contributed by atoms with E-state index in [-0.39, 0.29) is 11.8 Å². The summed E-state index contributed by atoms with van der Waals surface area (Å²) < 4.78 is 34.9. The van der Waals surface area contributed by atoms with E-state index in [0.29, 0.717) is 15.1 Å². The van der Waals surface area contributed by atoms with Gasteiger partial charge < -0.3 is 4.52 Å². The molecule has 0 aliphatic rings. The number of halogens is 1. The zero-order valence-corrected chi connectivity index (χ0v) is 16.0. The molecule has 1 N–H and O–H groups in total. The van der Waals surface area contributed by atoms with Crippen molar-refractivity contribution in [3.8, 4) is 0 Å². The number of thiophene rings is 1. The summed E-state index contributed by atoms with van der Waals surface area (Å²) in [6.45, 7) is 5.70. The Bertz CT molecular complexity index is 974. The summed E-state index contributed by atoms with van der Waals surface area (Å²) in [4.78, 5) is 1.14. The number of nitrogens with zero attached hydrogens (tertiary/aromatic N) is 1. The molecule has 23 heavy (non-hydrogen) atoms. The highest BCUT2D eigenvalue weighted by molar-refractivity contribution is 9.10. The molecule has 2 aromatic heterocycles. The van der Waals surface area contributed by atoms with E-state index in [2.05, 4.69) is 25.8 Å². The Morgan fingerprint density at radius 2 is 2.00 bits per heavy atom. The van der Waals surface area contributed by atoms with Crippen LogP contribution in [0.1, 0.15) is 30.3 Å². The average Bonchev–Trinajstić information content (AvgIpc) is 3.03. The molecule has 3 aromatic rings. The van der Waals surface area contributed by atoms with Crippen LogP contribution in [0.5, 0.6) is 0 Å². The van der Waals surface area contributed by atoms with Crippen LogP contribution in [-0.4, -0.2) is 13.6 Å². The molecule has 5 nitrogen and oxygen atoms in total. The minimum absolute atomic E-state index is 0.0903. The van der Waals surface area contributed by atoms with Crippen molar-refractivity contribution in [2.45, 2.75) is 31.6 Å². The lowest BCUT2D eigenvalue weighted by atomic mass is 10.1. The Morgan fingerprint density at radius 1 is 1.30 bits per heavy atom. The Morgan fingerprint density at radius 3 is 2.61 bits per heavy atom. The van der Waals surface area contributed by atoms with Crippen molar-refractivity contribution in [3.63, 3.8) is 0 Å². The number of benzene rings is 1. The summed E-state index contributed by atoms with van der Waals surface area (Å²) in [6, 6.07) is 7.50. The molecule has 0 aliphatic carbocycles. The minimum Gasteiger partial charge on any atom is -0.336 e. The number of aryl methyl sites for hydroxylation is 1. The van der Waals surface area contributed by atoms with Crippen LogP contribution in [0.4, 0.5) is 5.88 Å². The van der Waals surface area contributed by atoms with Gasteiger partial charge in [-0.25, -0.2) is 13.1 Å². The molecule has 0 aliphatic heterocycles. The molecule has 0 amide bonds. The van der Waals surface area contributed by atoms with Crippen molar-refractivity contribution in [1.82, 2.24) is 5.16 Å². The molecule has 0 bridgehead atoms. The molecule has 0 atom stereocenters. The van der Waals surface area contributed by atoms with Crippen LogP contribution in [0.25, 0.3) is 10.1 Å². The van der Waals surface area contributed by atoms with Gasteiger partial charge in [0, 0.05) is 15.0 Å². The largest absolute Gasteiger partial charge is 0.336 e. The van der Waals surface area contributed by atoms with E-state index < -0.39 is 10.0 Å². The van der Waals surface area contributed by atoms with E-state index >= 15 is 0 Å². The Hall–Kier alpha value is -1.38. The van der Waals surface area contributed by atoms with Crippen LogP contribution in [0.2, 0.25) is 0 Å². The maximum absolute atomic E-state index is 13.0. The summed E-state index contributed by atoms with van der Waals surface area (Å²) in [5.41, 5.74) is 0.585. The molecule has 0 spiro atoms. The SMILES string of the molecule is Cc1noc(NS(=O)(=O)c2c(C(C)C)sc3ccccc23)c1Br. The summed E-state index contributed by atoms with van der Waals surface area (Å²) in [5, 5.41) is 4.48. The van der Waals surface area contributed by atoms with Gasteiger partial charge in [-0.1, -0.05) is 37.2 Å². The number of sulfonamides is 1. The number of rotatable bonds is 4. The van der Waals surface area contributed by atoms with Gasteiger partial charge in [0.05, 0.1) is 5.69 Å². The van der Waals surface area contributed by atoms with E-state index in [1.165, 1.54) is 11.3 Å². The van der Waals surface area contributed by atoms with E-state index in [1.807, 2.05) is 38.1 Å². The summed E-state index contributed by atoms with van der Waals surface area (Å²) >= 11 is 4.78. The van der Waals surface area contributed by atoms with E-state index in [9.17, 15) is 8.42 Å². The predicted octanol–water partition coefficient (Wildman–Crippen LogP) is 4.88. The lowest BCUT2D eigenvalue weighted by Crippen LogP contribution is -2.14. The standard InChI is InChI=1S/C15H15BrN2O3S2/c1-8(2)13-14(10-6-4-5-7-11(10)22-13)23(19,20)18-15-12(16)9(3)17-21-15/h4-8,18H,1-3H3. The second-order valence-corrected chi connectivity index (χ2v) is 8.96. The molecule has 8 heteroatoms. The zero-order chi connectivity index (χ0) is 16.8. The maximum atomic E-state index is 13.0. The van der Waals surface area contributed by atoms with Gasteiger partial charge in [-0.3, -0.25) is 0 Å². The van der Waals surface area contributed by atoms with Gasteiger partial charge in [-0.15, -0.1) is 11.3 Å². The Labute approximate surface area is 146 Å². The fourth-order valence-electron chi connectivity index (χ4n) is 2.29. The first-order chi connectivity index (χ1) is 10.8. The first-order valence-corrected chi connectivity index (χ1v) is 10.1. The molecule has 0 saturated carbocycles. The molecule has 0 fully saturated rings. The van der Waals surface area contributed by atoms with Crippen LogP contribution in [0, 0.1) is 6.92 Å². The first kappa shape index (κ1) is 16.5. The maximum Gasteiger partial charge on any atom is 0.266 e. The van der Waals surface area contributed by atoms with Crippen LogP contribution < -0.4 is 4.72 Å². The topological polar surface area (TPSA) is 72.2 Å². The third kappa shape index (κ3) is 2.90. The lowest BCUT2D eigenvalue weighted by molar-refractivity contribution is 0.430. The molecular weight excluding hydrogens is 400 g/mol. The molecule has 0 saturated heterocycles. The highest BCUT2D eigenvalue weighted by Crippen LogP contribution is 2.40. The normalized spacial score (nSPS) is 12.2. The minimum atomic E-state index is -3.78. The van der Waals surface area contributed by atoms with Crippen molar-refractivity contribution in [3.05, 3.63) is 39.3 Å². The number of nitrogens with one attached hydrogen (secondary N) is 1. The number of hydrogen-bond acceptors (Lipinski definition) is 5. The fourth-order valence-corrected chi connectivity index (χ4v) is 5.74. The van der Waals surface area contributed by atoms with Crippen molar-refractivity contribution in [2.75, 3.05) is 4.72 Å². The number of fused-ring (bicyclic) bond motifs is 1. The molecule has 0 unspecified atom stereocenters. The van der Waals surface area contributed by atoms with Crippen LogP contribution in [0.3, 0.4) is 0 Å². The first-order valence-electron chi connectivity index (χ1n) is 6.97. The second-order valence-electron chi connectivity index (χ2n) is 5.46. The van der Waals surface area contributed by atoms with Gasteiger partial charge in [-0.05, 0) is 34.8 Å². The Balaban J connectivity index is 2.18. The van der Waals surface area contributed by atoms with E-state index in [0.717, 1.165) is 15.0 Å². The van der Waals surface area contributed by atoms with Crippen LogP contribution in [0.15, 0.2) is 38.2 Å². The number of anilines is 1. The zero-order valence-electron chi connectivity index (χ0n) is 12.8. The van der Waals surface area contributed by atoms with Gasteiger partial charge >= 0.3 is 0 Å². The van der Waals surface area contributed by atoms with Gasteiger partial charge in [0.1, 0.15) is 9.37 Å². The van der Waals surface area contributed by atoms with Crippen LogP contribution in [-0.2, 0) is 10.0 Å². The van der Waals surface area contributed by atoms with Crippen molar-refractivity contribution >= 4 is 53.3 Å². The molecule has 2 heterocycles. The third-order valence-corrected chi connectivity index (χ3v) is 7.35. The van der Waals surface area contributed by atoms with E-state index in [1.54, 1.807) is 6.92 Å². The molecule has 0 radical (unpaired) electrons. The van der Waals surface area contributed by atoms with Crippen molar-refractivity contribution in [2.24, 2.45) is 0 Å². The highest BCUT2D eigenvalue weighted by Gasteiger charge is 2.28. The smallest absolute Gasteiger partial charge is 0.266 e. The van der Waals surface area contributed by atoms with Gasteiger partial charge in [-0.2, -0.15) is 0 Å². The molecule has 3 rings (SSSR count). The van der Waals surface area contributed by atoms with Gasteiger partial charge in [0.25, 0.3) is 15.9 Å². The predicted molar refractivity (Wildman–Crippen MR) is 95.7 cm³/mol. The molecule has 1 aromatic carbocycles. The second kappa shape index (κ2) is 5.92. The van der Waals surface area contributed by atoms with Gasteiger partial charge in [0.2, 0.25) is 0 Å². The average molecular weight is 415 g/mol. The van der Waals surface area contributed by atoms with E-state index in [4.69, 9.17) is 4.52 Å². The quantitative estimate of drug-likeness (QED) is 0.659. The van der Waals surface area contributed by atoms with Crippen LogP contribution >= 0.6 is 27.3 Å². The third-order valence-electron chi connectivity index (χ3n) is 3.39. The summed E-state index contributed by atoms with van der Waals surface area (Å²) in [6.07, 6.45) is 0. The summed E-state index contributed by atoms with van der Waals surface area (Å²) in [7, 11) is -3.78. The monoisotopic (exact) mass is 414 g/mol. The van der Waals surface area contributed by atoms with Crippen molar-refractivity contribution < 1.29 is 12.9 Å². The number of aromatic nitrogens is 1. The van der Waals surface area contributed by atoms with Crippen molar-refractivity contribution in [1.29, 1.82) is 0 Å². The molecular formula is C15H15BrN2O3S2. The summed E-state index contributed by atoms with van der Waals surface area (Å²) in [5.74, 6) is 0.186. The fraction of sp³-hybridized carbons (Fsp3) is 0.267. The highest BCUT2D eigenvalue weighted by atomic mass is 79.9. The lowest BCUT2D eigenvalue weighted by Gasteiger charge is -2.09. The Kier molecular flexibility index (Phi) is 4.24.